The standard InChI is InChI=1S/C17H7I3O6/c18-8-4-10(14(20)12(19)5-8)16(23)25-9-2-1-7-3-11(15(21)22)17(24)26-13(7)6-9/h1-6H,(H,21,22). The number of carboxylic acids is 1. The Morgan fingerprint density at radius 2 is 1.73 bits per heavy atom. The lowest BCUT2D eigenvalue weighted by Gasteiger charge is -2.09. The second-order valence-corrected chi connectivity index (χ2v) is 8.58. The van der Waals surface area contributed by atoms with Crippen LogP contribution >= 0.6 is 67.8 Å². The molecule has 1 heterocycles. The molecule has 0 aliphatic carbocycles. The first-order chi connectivity index (χ1) is 12.3. The first-order valence-corrected chi connectivity index (χ1v) is 10.2. The van der Waals surface area contributed by atoms with Crippen molar-refractivity contribution in [3.63, 3.8) is 0 Å². The lowest BCUT2D eigenvalue weighted by Crippen LogP contribution is -2.13. The highest BCUT2D eigenvalue weighted by Gasteiger charge is 2.17. The van der Waals surface area contributed by atoms with E-state index in [0.29, 0.717) is 10.9 Å². The third kappa shape index (κ3) is 4.03. The molecule has 3 rings (SSSR count). The molecule has 0 radical (unpaired) electrons. The average Bonchev–Trinajstić information content (AvgIpc) is 2.57. The fourth-order valence-electron chi connectivity index (χ4n) is 2.17. The summed E-state index contributed by atoms with van der Waals surface area (Å²) in [5.74, 6) is -1.70. The van der Waals surface area contributed by atoms with Gasteiger partial charge in [-0.25, -0.2) is 14.4 Å². The normalized spacial score (nSPS) is 10.7. The fourth-order valence-corrected chi connectivity index (χ4v) is 4.55. The van der Waals surface area contributed by atoms with Crippen LogP contribution in [0.5, 0.6) is 5.75 Å². The summed E-state index contributed by atoms with van der Waals surface area (Å²) in [6, 6.07) is 9.32. The van der Waals surface area contributed by atoms with Crippen LogP contribution in [-0.2, 0) is 0 Å². The number of ether oxygens (including phenoxy) is 1. The van der Waals surface area contributed by atoms with Crippen molar-refractivity contribution in [2.45, 2.75) is 0 Å². The van der Waals surface area contributed by atoms with Crippen LogP contribution in [0.25, 0.3) is 11.0 Å². The van der Waals surface area contributed by atoms with Crippen molar-refractivity contribution >= 4 is 90.7 Å². The number of benzene rings is 2. The zero-order valence-corrected chi connectivity index (χ0v) is 19.1. The minimum Gasteiger partial charge on any atom is -0.477 e. The van der Waals surface area contributed by atoms with Gasteiger partial charge in [-0.2, -0.15) is 0 Å². The van der Waals surface area contributed by atoms with Crippen LogP contribution in [0, 0.1) is 10.7 Å². The molecule has 132 valence electrons. The van der Waals surface area contributed by atoms with E-state index in [0.717, 1.165) is 10.7 Å². The molecule has 0 unspecified atom stereocenters. The van der Waals surface area contributed by atoms with E-state index in [4.69, 9.17) is 14.3 Å². The van der Waals surface area contributed by atoms with Crippen molar-refractivity contribution in [2.24, 2.45) is 0 Å². The molecular formula is C17H7I3O6. The van der Waals surface area contributed by atoms with Crippen molar-refractivity contribution in [1.82, 2.24) is 0 Å². The number of esters is 1. The molecule has 6 nitrogen and oxygen atoms in total. The van der Waals surface area contributed by atoms with Gasteiger partial charge in [-0.3, -0.25) is 0 Å². The van der Waals surface area contributed by atoms with Gasteiger partial charge in [-0.05, 0) is 98.1 Å². The van der Waals surface area contributed by atoms with Crippen molar-refractivity contribution in [2.75, 3.05) is 0 Å². The lowest BCUT2D eigenvalue weighted by molar-refractivity contribution is 0.0690. The van der Waals surface area contributed by atoms with Gasteiger partial charge in [-0.1, -0.05) is 0 Å². The predicted octanol–water partition coefficient (Wildman–Crippen LogP) is 4.52. The predicted molar refractivity (Wildman–Crippen MR) is 119 cm³/mol. The van der Waals surface area contributed by atoms with Gasteiger partial charge in [0.15, 0.2) is 0 Å². The average molecular weight is 688 g/mol. The molecule has 2 aromatic carbocycles. The zero-order chi connectivity index (χ0) is 19.0. The minimum absolute atomic E-state index is 0.136. The Morgan fingerprint density at radius 1 is 1.00 bits per heavy atom. The molecule has 0 saturated heterocycles. The number of hydrogen-bond acceptors (Lipinski definition) is 5. The molecule has 0 amide bonds. The molecule has 9 heteroatoms. The van der Waals surface area contributed by atoms with Crippen LogP contribution in [0.4, 0.5) is 0 Å². The maximum Gasteiger partial charge on any atom is 0.351 e. The van der Waals surface area contributed by atoms with Crippen molar-refractivity contribution in [1.29, 1.82) is 0 Å². The van der Waals surface area contributed by atoms with Crippen molar-refractivity contribution < 1.29 is 23.8 Å². The van der Waals surface area contributed by atoms with E-state index in [1.165, 1.54) is 24.3 Å². The maximum atomic E-state index is 12.5. The quantitative estimate of drug-likeness (QED) is 0.143. The number of fused-ring (bicyclic) bond motifs is 1. The summed E-state index contributed by atoms with van der Waals surface area (Å²) in [7, 11) is 0. The van der Waals surface area contributed by atoms with Crippen LogP contribution in [0.1, 0.15) is 20.7 Å². The molecule has 3 aromatic rings. The van der Waals surface area contributed by atoms with Gasteiger partial charge in [0.25, 0.3) is 0 Å². The molecule has 0 fully saturated rings. The first kappa shape index (κ1) is 19.5. The van der Waals surface area contributed by atoms with Gasteiger partial charge >= 0.3 is 17.6 Å². The number of carboxylic acid groups (broad SMARTS) is 1. The molecular weight excluding hydrogens is 681 g/mol. The topological polar surface area (TPSA) is 93.8 Å². The number of hydrogen-bond donors (Lipinski definition) is 1. The second kappa shape index (κ2) is 7.80. The maximum absolute atomic E-state index is 12.5. The van der Waals surface area contributed by atoms with Crippen molar-refractivity contribution in [3.8, 4) is 5.75 Å². The summed E-state index contributed by atoms with van der Waals surface area (Å²) in [5, 5.41) is 9.38. The Morgan fingerprint density at radius 3 is 2.42 bits per heavy atom. The summed E-state index contributed by atoms with van der Waals surface area (Å²) < 4.78 is 13.0. The number of halogens is 3. The summed E-state index contributed by atoms with van der Waals surface area (Å²) >= 11 is 6.35. The van der Waals surface area contributed by atoms with Gasteiger partial charge < -0.3 is 14.3 Å². The fraction of sp³-hybridized carbons (Fsp3) is 0. The SMILES string of the molecule is O=C(Oc1ccc2cc(C(=O)O)c(=O)oc2c1)c1cc(I)cc(I)c1I. The molecule has 1 aromatic heterocycles. The van der Waals surface area contributed by atoms with Gasteiger partial charge in [0.1, 0.15) is 16.9 Å². The van der Waals surface area contributed by atoms with Gasteiger partial charge in [0, 0.05) is 22.2 Å². The van der Waals surface area contributed by atoms with E-state index in [2.05, 4.69) is 67.8 Å². The Kier molecular flexibility index (Phi) is 5.86. The van der Waals surface area contributed by atoms with E-state index in [1.807, 2.05) is 6.07 Å². The van der Waals surface area contributed by atoms with Crippen LogP contribution in [0.15, 0.2) is 45.6 Å². The molecule has 0 bridgehead atoms. The number of aromatic carboxylic acids is 1. The van der Waals surface area contributed by atoms with Crippen LogP contribution in [0.2, 0.25) is 0 Å². The Hall–Kier alpha value is -1.22. The highest BCUT2D eigenvalue weighted by Crippen LogP contribution is 2.26. The molecule has 0 atom stereocenters. The largest absolute Gasteiger partial charge is 0.477 e. The van der Waals surface area contributed by atoms with Gasteiger partial charge in [0.2, 0.25) is 0 Å². The van der Waals surface area contributed by atoms with E-state index in [1.54, 1.807) is 6.07 Å². The van der Waals surface area contributed by atoms with E-state index in [9.17, 15) is 14.4 Å². The minimum atomic E-state index is -1.36. The molecule has 0 saturated carbocycles. The second-order valence-electron chi connectivity index (χ2n) is 5.09. The van der Waals surface area contributed by atoms with Gasteiger partial charge in [-0.15, -0.1) is 0 Å². The Labute approximate surface area is 187 Å². The number of rotatable bonds is 3. The Balaban J connectivity index is 1.97. The molecule has 0 aliphatic heterocycles. The van der Waals surface area contributed by atoms with E-state index < -0.39 is 23.1 Å². The van der Waals surface area contributed by atoms with Crippen LogP contribution < -0.4 is 10.4 Å². The third-order valence-corrected chi connectivity index (χ3v) is 7.03. The summed E-state index contributed by atoms with van der Waals surface area (Å²) in [6.45, 7) is 0. The highest BCUT2D eigenvalue weighted by atomic mass is 127. The molecule has 26 heavy (non-hydrogen) atoms. The van der Waals surface area contributed by atoms with E-state index >= 15 is 0 Å². The zero-order valence-electron chi connectivity index (χ0n) is 12.6. The number of carbonyl (C=O) groups excluding carboxylic acids is 1. The Bertz CT molecular complexity index is 1120. The van der Waals surface area contributed by atoms with E-state index in [-0.39, 0.29) is 11.3 Å². The molecule has 0 aliphatic rings. The monoisotopic (exact) mass is 688 g/mol. The molecule has 1 N–H and O–H groups in total. The number of carbonyl (C=O) groups is 2. The summed E-state index contributed by atoms with van der Waals surface area (Å²) in [6.07, 6.45) is 0. The first-order valence-electron chi connectivity index (χ1n) is 6.94. The van der Waals surface area contributed by atoms with Crippen LogP contribution in [0.3, 0.4) is 0 Å². The van der Waals surface area contributed by atoms with Gasteiger partial charge in [0.05, 0.1) is 5.56 Å². The highest BCUT2D eigenvalue weighted by molar-refractivity contribution is 14.1. The summed E-state index contributed by atoms with van der Waals surface area (Å²) in [4.78, 5) is 35.2. The molecule has 0 spiro atoms. The lowest BCUT2D eigenvalue weighted by atomic mass is 10.2. The third-order valence-electron chi connectivity index (χ3n) is 3.36. The summed E-state index contributed by atoms with van der Waals surface area (Å²) in [5.41, 5.74) is -0.845. The van der Waals surface area contributed by atoms with Crippen LogP contribution in [-0.4, -0.2) is 17.0 Å². The van der Waals surface area contributed by atoms with Crippen molar-refractivity contribution in [3.05, 3.63) is 68.7 Å². The smallest absolute Gasteiger partial charge is 0.351 e.